The first-order valence-electron chi connectivity index (χ1n) is 7.29. The zero-order valence-corrected chi connectivity index (χ0v) is 12.7. The Kier molecular flexibility index (Phi) is 4.38. The summed E-state index contributed by atoms with van der Waals surface area (Å²) in [7, 11) is 0. The van der Waals surface area contributed by atoms with Gasteiger partial charge in [0.05, 0.1) is 17.7 Å². The van der Waals surface area contributed by atoms with E-state index in [9.17, 15) is 14.9 Å². The number of para-hydroxylation sites is 2. The number of nitrogens with zero attached hydrogens (tertiary/aromatic N) is 2. The van der Waals surface area contributed by atoms with Gasteiger partial charge in [0.15, 0.2) is 0 Å². The summed E-state index contributed by atoms with van der Waals surface area (Å²) >= 11 is 0. The third-order valence-electron chi connectivity index (χ3n) is 3.46. The van der Waals surface area contributed by atoms with E-state index < -0.39 is 4.92 Å². The summed E-state index contributed by atoms with van der Waals surface area (Å²) in [5.41, 5.74) is 0.315. The fraction of sp³-hybridized carbons (Fsp3) is 0.0556. The van der Waals surface area contributed by atoms with Crippen LogP contribution in [0.2, 0.25) is 0 Å². The largest absolute Gasteiger partial charge is 0.457 e. The van der Waals surface area contributed by atoms with E-state index in [0.717, 1.165) is 5.56 Å². The van der Waals surface area contributed by atoms with E-state index in [0.29, 0.717) is 11.5 Å². The van der Waals surface area contributed by atoms with Crippen molar-refractivity contribution in [2.45, 2.75) is 6.54 Å². The molecule has 0 bridgehead atoms. The van der Waals surface area contributed by atoms with Crippen molar-refractivity contribution in [3.8, 4) is 11.5 Å². The quantitative estimate of drug-likeness (QED) is 0.531. The lowest BCUT2D eigenvalue weighted by molar-refractivity contribution is -0.385. The van der Waals surface area contributed by atoms with Crippen LogP contribution < -0.4 is 10.3 Å². The van der Waals surface area contributed by atoms with Crippen molar-refractivity contribution >= 4 is 5.69 Å². The maximum absolute atomic E-state index is 12.0. The summed E-state index contributed by atoms with van der Waals surface area (Å²) in [6, 6.07) is 19.0. The predicted molar refractivity (Wildman–Crippen MR) is 89.4 cm³/mol. The molecular weight excluding hydrogens is 308 g/mol. The third kappa shape index (κ3) is 3.49. The number of rotatable bonds is 5. The van der Waals surface area contributed by atoms with E-state index in [1.54, 1.807) is 6.07 Å². The molecule has 6 nitrogen and oxygen atoms in total. The highest BCUT2D eigenvalue weighted by molar-refractivity contribution is 5.38. The normalized spacial score (nSPS) is 10.3. The first-order chi connectivity index (χ1) is 11.6. The van der Waals surface area contributed by atoms with E-state index >= 15 is 0 Å². The molecule has 1 heterocycles. The van der Waals surface area contributed by atoms with Crippen LogP contribution >= 0.6 is 0 Å². The van der Waals surface area contributed by atoms with Gasteiger partial charge in [-0.1, -0.05) is 36.4 Å². The summed E-state index contributed by atoms with van der Waals surface area (Å²) in [5, 5.41) is 10.9. The van der Waals surface area contributed by atoms with Gasteiger partial charge in [0.1, 0.15) is 11.5 Å². The molecule has 0 amide bonds. The maximum atomic E-state index is 12.0. The molecule has 3 rings (SSSR count). The molecule has 2 aromatic carbocycles. The number of ether oxygens (including phenoxy) is 1. The molecule has 0 fully saturated rings. The average Bonchev–Trinajstić information content (AvgIpc) is 2.59. The fourth-order valence-electron chi connectivity index (χ4n) is 2.28. The fourth-order valence-corrected chi connectivity index (χ4v) is 2.28. The lowest BCUT2D eigenvalue weighted by atomic mass is 10.2. The Hall–Kier alpha value is -3.41. The molecule has 0 aliphatic carbocycles. The first-order valence-corrected chi connectivity index (χ1v) is 7.29. The molecule has 0 aliphatic rings. The summed E-state index contributed by atoms with van der Waals surface area (Å²) in [5.74, 6) is 1.28. The predicted octanol–water partition coefficient (Wildman–Crippen LogP) is 3.60. The minimum Gasteiger partial charge on any atom is -0.457 e. The minimum absolute atomic E-state index is 0.129. The van der Waals surface area contributed by atoms with Crippen LogP contribution in [0.1, 0.15) is 5.56 Å². The topological polar surface area (TPSA) is 74.4 Å². The van der Waals surface area contributed by atoms with Gasteiger partial charge in [0.25, 0.3) is 11.2 Å². The highest BCUT2D eigenvalue weighted by Gasteiger charge is 2.10. The van der Waals surface area contributed by atoms with E-state index in [1.807, 2.05) is 48.5 Å². The first kappa shape index (κ1) is 15.5. The number of nitro groups is 1. The van der Waals surface area contributed by atoms with Gasteiger partial charge < -0.3 is 9.30 Å². The van der Waals surface area contributed by atoms with Gasteiger partial charge in [-0.3, -0.25) is 14.9 Å². The van der Waals surface area contributed by atoms with Crippen LogP contribution in [-0.2, 0) is 6.54 Å². The Labute approximate surface area is 137 Å². The Balaban J connectivity index is 1.92. The highest BCUT2D eigenvalue weighted by atomic mass is 16.6. The SMILES string of the molecule is O=c1ccc([N+](=O)[O-])cn1Cc1ccccc1Oc1ccccc1. The van der Waals surface area contributed by atoms with Gasteiger partial charge in [-0.05, 0) is 18.2 Å². The number of benzene rings is 2. The van der Waals surface area contributed by atoms with Gasteiger partial charge >= 0.3 is 0 Å². The molecule has 0 atom stereocenters. The van der Waals surface area contributed by atoms with Crippen molar-refractivity contribution < 1.29 is 9.66 Å². The van der Waals surface area contributed by atoms with Crippen molar-refractivity contribution in [1.29, 1.82) is 0 Å². The molecule has 1 aromatic heterocycles. The number of hydrogen-bond donors (Lipinski definition) is 0. The molecule has 0 unspecified atom stereocenters. The highest BCUT2D eigenvalue weighted by Crippen LogP contribution is 2.25. The van der Waals surface area contributed by atoms with Crippen LogP contribution in [0.4, 0.5) is 5.69 Å². The van der Waals surface area contributed by atoms with Gasteiger partial charge in [-0.25, -0.2) is 0 Å². The second-order valence-corrected chi connectivity index (χ2v) is 5.13. The van der Waals surface area contributed by atoms with Crippen molar-refractivity contribution in [1.82, 2.24) is 4.57 Å². The number of hydrogen-bond acceptors (Lipinski definition) is 4. The van der Waals surface area contributed by atoms with Crippen LogP contribution in [0, 0.1) is 10.1 Å². The molecule has 0 spiro atoms. The lowest BCUT2D eigenvalue weighted by Crippen LogP contribution is -2.19. The molecule has 0 saturated carbocycles. The molecule has 120 valence electrons. The second-order valence-electron chi connectivity index (χ2n) is 5.13. The van der Waals surface area contributed by atoms with Gasteiger partial charge in [-0.2, -0.15) is 0 Å². The second kappa shape index (κ2) is 6.78. The maximum Gasteiger partial charge on any atom is 0.285 e. The zero-order valence-electron chi connectivity index (χ0n) is 12.7. The van der Waals surface area contributed by atoms with Crippen LogP contribution in [0.25, 0.3) is 0 Å². The molecule has 0 radical (unpaired) electrons. The summed E-state index contributed by atoms with van der Waals surface area (Å²) in [6.07, 6.45) is 1.24. The average molecular weight is 322 g/mol. The van der Waals surface area contributed by atoms with E-state index in [1.165, 1.54) is 22.9 Å². The number of pyridine rings is 1. The molecule has 0 aliphatic heterocycles. The van der Waals surface area contributed by atoms with Gasteiger partial charge in [-0.15, -0.1) is 0 Å². The smallest absolute Gasteiger partial charge is 0.285 e. The van der Waals surface area contributed by atoms with Gasteiger partial charge in [0.2, 0.25) is 0 Å². The standard InChI is InChI=1S/C18H14N2O4/c21-18-11-10-15(20(22)23)13-19(18)12-14-6-4-5-9-17(14)24-16-7-2-1-3-8-16/h1-11,13H,12H2. The van der Waals surface area contributed by atoms with Crippen LogP contribution in [0.3, 0.4) is 0 Å². The molecule has 0 saturated heterocycles. The summed E-state index contributed by atoms with van der Waals surface area (Å²) < 4.78 is 7.15. The lowest BCUT2D eigenvalue weighted by Gasteiger charge is -2.12. The molecule has 6 heteroatoms. The van der Waals surface area contributed by atoms with Crippen LogP contribution in [-0.4, -0.2) is 9.49 Å². The van der Waals surface area contributed by atoms with Crippen molar-refractivity contribution in [2.75, 3.05) is 0 Å². The minimum atomic E-state index is -0.525. The third-order valence-corrected chi connectivity index (χ3v) is 3.46. The Morgan fingerprint density at radius 1 is 0.958 bits per heavy atom. The Morgan fingerprint density at radius 3 is 2.42 bits per heavy atom. The monoisotopic (exact) mass is 322 g/mol. The van der Waals surface area contributed by atoms with Crippen molar-refractivity contribution in [2.24, 2.45) is 0 Å². The van der Waals surface area contributed by atoms with Gasteiger partial charge in [0, 0.05) is 17.7 Å². The summed E-state index contributed by atoms with van der Waals surface area (Å²) in [6.45, 7) is 0.184. The van der Waals surface area contributed by atoms with Crippen molar-refractivity contribution in [3.63, 3.8) is 0 Å². The summed E-state index contributed by atoms with van der Waals surface area (Å²) in [4.78, 5) is 22.3. The van der Waals surface area contributed by atoms with Crippen LogP contribution in [0.15, 0.2) is 77.7 Å². The molecular formula is C18H14N2O4. The van der Waals surface area contributed by atoms with E-state index in [2.05, 4.69) is 0 Å². The molecule has 3 aromatic rings. The number of aromatic nitrogens is 1. The van der Waals surface area contributed by atoms with Crippen molar-refractivity contribution in [3.05, 3.63) is 99.0 Å². The zero-order chi connectivity index (χ0) is 16.9. The Bertz CT molecular complexity index is 920. The molecule has 24 heavy (non-hydrogen) atoms. The Morgan fingerprint density at radius 2 is 1.67 bits per heavy atom. The molecule has 0 N–H and O–H groups in total. The van der Waals surface area contributed by atoms with E-state index in [-0.39, 0.29) is 17.8 Å². The van der Waals surface area contributed by atoms with Crippen LogP contribution in [0.5, 0.6) is 11.5 Å². The van der Waals surface area contributed by atoms with E-state index in [4.69, 9.17) is 4.74 Å².